The van der Waals surface area contributed by atoms with E-state index in [-0.39, 0.29) is 12.1 Å². The zero-order valence-corrected chi connectivity index (χ0v) is 9.45. The molecule has 0 aliphatic heterocycles. The third-order valence-corrected chi connectivity index (χ3v) is 2.54. The number of carbonyl (C=O) groups is 1. The number of hydrogen-bond acceptors (Lipinski definition) is 3. The SMILES string of the molecule is CCOC(=O)CCC(O)C(CC)CC. The molecule has 84 valence electrons. The third kappa shape index (κ3) is 5.22. The minimum atomic E-state index is -0.366. The summed E-state index contributed by atoms with van der Waals surface area (Å²) in [5.74, 6) is 0.0990. The van der Waals surface area contributed by atoms with Crippen molar-refractivity contribution in [1.29, 1.82) is 0 Å². The highest BCUT2D eigenvalue weighted by atomic mass is 16.5. The first-order valence-electron chi connectivity index (χ1n) is 5.49. The molecule has 1 unspecified atom stereocenters. The van der Waals surface area contributed by atoms with Gasteiger partial charge in [0.15, 0.2) is 0 Å². The van der Waals surface area contributed by atoms with E-state index in [0.29, 0.717) is 25.4 Å². The molecule has 0 radical (unpaired) electrons. The topological polar surface area (TPSA) is 46.5 Å². The highest BCUT2D eigenvalue weighted by Crippen LogP contribution is 2.17. The Balaban J connectivity index is 3.71. The molecular formula is C11H22O3. The van der Waals surface area contributed by atoms with Crippen LogP contribution in [0.25, 0.3) is 0 Å². The van der Waals surface area contributed by atoms with Gasteiger partial charge in [-0.25, -0.2) is 0 Å². The van der Waals surface area contributed by atoms with Gasteiger partial charge in [0, 0.05) is 6.42 Å². The van der Waals surface area contributed by atoms with Gasteiger partial charge >= 0.3 is 5.97 Å². The quantitative estimate of drug-likeness (QED) is 0.643. The molecule has 0 amide bonds. The maximum absolute atomic E-state index is 11.0. The summed E-state index contributed by atoms with van der Waals surface area (Å²) >= 11 is 0. The van der Waals surface area contributed by atoms with Crippen LogP contribution >= 0.6 is 0 Å². The molecule has 1 N–H and O–H groups in total. The number of ether oxygens (including phenoxy) is 1. The molecule has 0 bridgehead atoms. The molecule has 1 atom stereocenters. The summed E-state index contributed by atoms with van der Waals surface area (Å²) in [6.07, 6.45) is 2.40. The van der Waals surface area contributed by atoms with Gasteiger partial charge < -0.3 is 9.84 Å². The smallest absolute Gasteiger partial charge is 0.305 e. The van der Waals surface area contributed by atoms with Gasteiger partial charge in [0.2, 0.25) is 0 Å². The molecule has 0 saturated heterocycles. The van der Waals surface area contributed by atoms with Crippen LogP contribution in [0.5, 0.6) is 0 Å². The van der Waals surface area contributed by atoms with Gasteiger partial charge in [0.25, 0.3) is 0 Å². The van der Waals surface area contributed by atoms with E-state index in [1.165, 1.54) is 0 Å². The van der Waals surface area contributed by atoms with E-state index >= 15 is 0 Å². The van der Waals surface area contributed by atoms with Crippen LogP contribution in [0.15, 0.2) is 0 Å². The Bertz CT molecular complexity index is 153. The monoisotopic (exact) mass is 202 g/mol. The second-order valence-electron chi connectivity index (χ2n) is 3.49. The van der Waals surface area contributed by atoms with Gasteiger partial charge in [0.1, 0.15) is 0 Å². The van der Waals surface area contributed by atoms with Gasteiger partial charge in [-0.05, 0) is 19.3 Å². The minimum absolute atomic E-state index is 0.211. The number of rotatable bonds is 7. The summed E-state index contributed by atoms with van der Waals surface area (Å²) in [7, 11) is 0. The van der Waals surface area contributed by atoms with Gasteiger partial charge in [0.05, 0.1) is 12.7 Å². The summed E-state index contributed by atoms with van der Waals surface area (Å²) in [5.41, 5.74) is 0. The molecule has 0 saturated carbocycles. The predicted molar refractivity (Wildman–Crippen MR) is 55.9 cm³/mol. The Labute approximate surface area is 86.5 Å². The molecule has 0 aromatic heterocycles. The molecule has 0 rings (SSSR count). The van der Waals surface area contributed by atoms with Crippen molar-refractivity contribution in [2.75, 3.05) is 6.61 Å². The largest absolute Gasteiger partial charge is 0.466 e. The number of esters is 1. The maximum Gasteiger partial charge on any atom is 0.305 e. The molecule has 0 aliphatic rings. The zero-order chi connectivity index (χ0) is 11.0. The standard InChI is InChI=1S/C11H22O3/c1-4-9(5-2)10(12)7-8-11(13)14-6-3/h9-10,12H,4-8H2,1-3H3. The lowest BCUT2D eigenvalue weighted by Gasteiger charge is -2.19. The highest BCUT2D eigenvalue weighted by Gasteiger charge is 2.16. The van der Waals surface area contributed by atoms with Crippen molar-refractivity contribution in [2.24, 2.45) is 5.92 Å². The van der Waals surface area contributed by atoms with Crippen LogP contribution < -0.4 is 0 Å². The van der Waals surface area contributed by atoms with E-state index in [4.69, 9.17) is 4.74 Å². The lowest BCUT2D eigenvalue weighted by Crippen LogP contribution is -2.20. The number of carbonyl (C=O) groups excluding carboxylic acids is 1. The van der Waals surface area contributed by atoms with Crippen LogP contribution in [0.4, 0.5) is 0 Å². The number of aliphatic hydroxyl groups excluding tert-OH is 1. The lowest BCUT2D eigenvalue weighted by atomic mass is 9.93. The highest BCUT2D eigenvalue weighted by molar-refractivity contribution is 5.69. The molecule has 0 heterocycles. The predicted octanol–water partition coefficient (Wildman–Crippen LogP) is 2.13. The summed E-state index contributed by atoms with van der Waals surface area (Å²) < 4.78 is 4.79. The number of hydrogen-bond donors (Lipinski definition) is 1. The van der Waals surface area contributed by atoms with Crippen LogP contribution in [-0.2, 0) is 9.53 Å². The van der Waals surface area contributed by atoms with E-state index in [2.05, 4.69) is 13.8 Å². The van der Waals surface area contributed by atoms with Gasteiger partial charge in [-0.1, -0.05) is 26.7 Å². The van der Waals surface area contributed by atoms with Crippen LogP contribution in [-0.4, -0.2) is 23.8 Å². The Morgan fingerprint density at radius 1 is 1.29 bits per heavy atom. The molecule has 0 aromatic carbocycles. The van der Waals surface area contributed by atoms with E-state index in [1.807, 2.05) is 0 Å². The number of aliphatic hydroxyl groups is 1. The van der Waals surface area contributed by atoms with E-state index in [9.17, 15) is 9.90 Å². The normalized spacial score (nSPS) is 12.9. The second-order valence-corrected chi connectivity index (χ2v) is 3.49. The summed E-state index contributed by atoms with van der Waals surface area (Å²) in [5, 5.41) is 9.72. The van der Waals surface area contributed by atoms with Crippen molar-refractivity contribution in [1.82, 2.24) is 0 Å². The minimum Gasteiger partial charge on any atom is -0.466 e. The van der Waals surface area contributed by atoms with Crippen LogP contribution in [0.3, 0.4) is 0 Å². The average molecular weight is 202 g/mol. The molecule has 14 heavy (non-hydrogen) atoms. The Morgan fingerprint density at radius 2 is 1.86 bits per heavy atom. The summed E-state index contributed by atoms with van der Waals surface area (Å²) in [4.78, 5) is 11.0. The Kier molecular flexibility index (Phi) is 7.48. The third-order valence-electron chi connectivity index (χ3n) is 2.54. The first-order chi connectivity index (χ1) is 6.65. The Hall–Kier alpha value is -0.570. The molecule has 0 aromatic rings. The lowest BCUT2D eigenvalue weighted by molar-refractivity contribution is -0.143. The molecule has 0 fully saturated rings. The first-order valence-corrected chi connectivity index (χ1v) is 5.49. The molecular weight excluding hydrogens is 180 g/mol. The molecule has 0 aliphatic carbocycles. The zero-order valence-electron chi connectivity index (χ0n) is 9.45. The van der Waals surface area contributed by atoms with Crippen molar-refractivity contribution in [3.8, 4) is 0 Å². The fourth-order valence-electron chi connectivity index (χ4n) is 1.57. The second kappa shape index (κ2) is 7.80. The van der Waals surface area contributed by atoms with Crippen LogP contribution in [0, 0.1) is 5.92 Å². The van der Waals surface area contributed by atoms with E-state index in [0.717, 1.165) is 12.8 Å². The first kappa shape index (κ1) is 13.4. The summed E-state index contributed by atoms with van der Waals surface area (Å²) in [6, 6.07) is 0. The van der Waals surface area contributed by atoms with Gasteiger partial charge in [-0.15, -0.1) is 0 Å². The molecule has 0 spiro atoms. The van der Waals surface area contributed by atoms with Crippen molar-refractivity contribution in [3.05, 3.63) is 0 Å². The van der Waals surface area contributed by atoms with Crippen molar-refractivity contribution in [2.45, 2.75) is 52.6 Å². The maximum atomic E-state index is 11.0. The van der Waals surface area contributed by atoms with Crippen molar-refractivity contribution in [3.63, 3.8) is 0 Å². The molecule has 3 nitrogen and oxygen atoms in total. The van der Waals surface area contributed by atoms with E-state index in [1.54, 1.807) is 6.92 Å². The van der Waals surface area contributed by atoms with Gasteiger partial charge in [-0.3, -0.25) is 4.79 Å². The van der Waals surface area contributed by atoms with Gasteiger partial charge in [-0.2, -0.15) is 0 Å². The molecule has 3 heteroatoms. The van der Waals surface area contributed by atoms with Crippen molar-refractivity contribution < 1.29 is 14.6 Å². The average Bonchev–Trinajstić information content (AvgIpc) is 2.17. The fourth-order valence-corrected chi connectivity index (χ4v) is 1.57. The van der Waals surface area contributed by atoms with Crippen LogP contribution in [0.1, 0.15) is 46.5 Å². The fraction of sp³-hybridized carbons (Fsp3) is 0.909. The Morgan fingerprint density at radius 3 is 2.29 bits per heavy atom. The van der Waals surface area contributed by atoms with E-state index < -0.39 is 0 Å². The van der Waals surface area contributed by atoms with Crippen molar-refractivity contribution >= 4 is 5.97 Å². The van der Waals surface area contributed by atoms with Crippen LogP contribution in [0.2, 0.25) is 0 Å². The summed E-state index contributed by atoms with van der Waals surface area (Å²) in [6.45, 7) is 6.32.